The van der Waals surface area contributed by atoms with Crippen LogP contribution in [0, 0.1) is 0 Å². The van der Waals surface area contributed by atoms with Gasteiger partial charge in [0.1, 0.15) is 5.69 Å². The molecule has 0 aliphatic carbocycles. The third kappa shape index (κ3) is 2.69. The average molecular weight is 307 g/mol. The zero-order chi connectivity index (χ0) is 15.6. The van der Waals surface area contributed by atoms with Gasteiger partial charge in [-0.25, -0.2) is 0 Å². The van der Waals surface area contributed by atoms with Crippen molar-refractivity contribution in [3.63, 3.8) is 0 Å². The third-order valence-electron chi connectivity index (χ3n) is 4.78. The van der Waals surface area contributed by atoms with Gasteiger partial charge in [0.2, 0.25) is 0 Å². The number of benzene rings is 1. The maximum Gasteiger partial charge on any atom is 0.272 e. The first-order chi connectivity index (χ1) is 11.3. The van der Waals surface area contributed by atoms with E-state index in [2.05, 4.69) is 34.1 Å². The van der Waals surface area contributed by atoms with Crippen LogP contribution in [0.1, 0.15) is 35.3 Å². The van der Waals surface area contributed by atoms with E-state index in [0.717, 1.165) is 51.0 Å². The molecule has 1 fully saturated rings. The number of fused-ring (bicyclic) bond motifs is 1. The molecule has 0 bridgehead atoms. The van der Waals surface area contributed by atoms with E-state index in [1.165, 1.54) is 11.3 Å². The minimum absolute atomic E-state index is 0.0645. The molecule has 4 heteroatoms. The molecule has 0 radical (unpaired) electrons. The minimum atomic E-state index is 0.0645. The van der Waals surface area contributed by atoms with Crippen molar-refractivity contribution in [2.75, 3.05) is 24.5 Å². The lowest BCUT2D eigenvalue weighted by atomic mass is 10.0. The van der Waals surface area contributed by atoms with Crippen molar-refractivity contribution in [1.29, 1.82) is 0 Å². The molecule has 4 nitrogen and oxygen atoms in total. The highest BCUT2D eigenvalue weighted by Gasteiger charge is 2.23. The van der Waals surface area contributed by atoms with E-state index in [4.69, 9.17) is 0 Å². The number of aryl methyl sites for hydroxylation is 1. The molecule has 2 aliphatic rings. The van der Waals surface area contributed by atoms with Crippen molar-refractivity contribution in [1.82, 2.24) is 9.88 Å². The monoisotopic (exact) mass is 307 g/mol. The van der Waals surface area contributed by atoms with Crippen LogP contribution in [0.3, 0.4) is 0 Å². The highest BCUT2D eigenvalue weighted by molar-refractivity contribution is 5.93. The predicted octanol–water partition coefficient (Wildman–Crippen LogP) is 3.40. The summed E-state index contributed by atoms with van der Waals surface area (Å²) in [6.07, 6.45) is 6.22. The van der Waals surface area contributed by atoms with E-state index in [0.29, 0.717) is 5.69 Å². The summed E-state index contributed by atoms with van der Waals surface area (Å²) in [7, 11) is 0. The fourth-order valence-corrected chi connectivity index (χ4v) is 3.59. The molecular weight excluding hydrogens is 286 g/mol. The van der Waals surface area contributed by atoms with Crippen LogP contribution in [-0.2, 0) is 6.42 Å². The molecule has 23 heavy (non-hydrogen) atoms. The van der Waals surface area contributed by atoms with Gasteiger partial charge in [0.25, 0.3) is 5.91 Å². The van der Waals surface area contributed by atoms with Crippen LogP contribution < -0.4 is 4.90 Å². The zero-order valence-electron chi connectivity index (χ0n) is 13.2. The Hall–Kier alpha value is -2.36. The van der Waals surface area contributed by atoms with Crippen LogP contribution >= 0.6 is 0 Å². The molecule has 1 aromatic heterocycles. The van der Waals surface area contributed by atoms with Gasteiger partial charge in [-0.3, -0.25) is 9.78 Å². The van der Waals surface area contributed by atoms with E-state index in [-0.39, 0.29) is 5.91 Å². The first-order valence-corrected chi connectivity index (χ1v) is 8.44. The molecule has 2 aliphatic heterocycles. The number of carbonyl (C=O) groups is 1. The SMILES string of the molecule is O=C(c1cc(N2CCCc3ccccc32)ccn1)N1CCCC1. The summed E-state index contributed by atoms with van der Waals surface area (Å²) in [4.78, 5) is 21.1. The smallest absolute Gasteiger partial charge is 0.272 e. The first-order valence-electron chi connectivity index (χ1n) is 8.44. The number of anilines is 2. The Kier molecular flexibility index (Phi) is 3.74. The number of hydrogen-bond acceptors (Lipinski definition) is 3. The molecule has 1 saturated heterocycles. The number of nitrogens with zero attached hydrogens (tertiary/aromatic N) is 3. The number of amides is 1. The van der Waals surface area contributed by atoms with Crippen molar-refractivity contribution in [3.05, 3.63) is 53.9 Å². The van der Waals surface area contributed by atoms with Crippen LogP contribution in [0.5, 0.6) is 0 Å². The normalized spacial score (nSPS) is 17.2. The molecule has 0 atom stereocenters. The van der Waals surface area contributed by atoms with E-state index in [1.54, 1.807) is 6.20 Å². The third-order valence-corrected chi connectivity index (χ3v) is 4.78. The fraction of sp³-hybridized carbons (Fsp3) is 0.368. The van der Waals surface area contributed by atoms with E-state index in [9.17, 15) is 4.79 Å². The topological polar surface area (TPSA) is 36.4 Å². The number of pyridine rings is 1. The summed E-state index contributed by atoms with van der Waals surface area (Å²) in [6, 6.07) is 12.5. The lowest BCUT2D eigenvalue weighted by Gasteiger charge is -2.31. The average Bonchev–Trinajstić information content (AvgIpc) is 3.15. The molecule has 0 spiro atoms. The number of aromatic nitrogens is 1. The quantitative estimate of drug-likeness (QED) is 0.853. The van der Waals surface area contributed by atoms with Gasteiger partial charge in [0.15, 0.2) is 0 Å². The Balaban J connectivity index is 1.66. The zero-order valence-corrected chi connectivity index (χ0v) is 13.2. The number of likely N-dealkylation sites (tertiary alicyclic amines) is 1. The molecule has 0 saturated carbocycles. The largest absolute Gasteiger partial charge is 0.341 e. The van der Waals surface area contributed by atoms with Crippen LogP contribution in [0.15, 0.2) is 42.6 Å². The molecule has 2 aromatic rings. The Morgan fingerprint density at radius 1 is 1.00 bits per heavy atom. The molecule has 1 aromatic carbocycles. The minimum Gasteiger partial charge on any atom is -0.341 e. The Morgan fingerprint density at radius 3 is 2.70 bits per heavy atom. The molecule has 3 heterocycles. The lowest BCUT2D eigenvalue weighted by molar-refractivity contribution is 0.0787. The van der Waals surface area contributed by atoms with E-state index in [1.807, 2.05) is 17.0 Å². The number of carbonyl (C=O) groups excluding carboxylic acids is 1. The highest BCUT2D eigenvalue weighted by atomic mass is 16.2. The van der Waals surface area contributed by atoms with E-state index >= 15 is 0 Å². The van der Waals surface area contributed by atoms with Crippen molar-refractivity contribution >= 4 is 17.3 Å². The van der Waals surface area contributed by atoms with Gasteiger partial charge in [-0.1, -0.05) is 18.2 Å². The van der Waals surface area contributed by atoms with Gasteiger partial charge < -0.3 is 9.80 Å². The highest BCUT2D eigenvalue weighted by Crippen LogP contribution is 2.33. The Morgan fingerprint density at radius 2 is 1.83 bits per heavy atom. The van der Waals surface area contributed by atoms with Crippen molar-refractivity contribution < 1.29 is 4.79 Å². The van der Waals surface area contributed by atoms with Crippen molar-refractivity contribution in [2.24, 2.45) is 0 Å². The van der Waals surface area contributed by atoms with Crippen LogP contribution in [0.25, 0.3) is 0 Å². The summed E-state index contributed by atoms with van der Waals surface area (Å²) in [5.74, 6) is 0.0645. The maximum atomic E-state index is 12.6. The van der Waals surface area contributed by atoms with Gasteiger partial charge in [-0.2, -0.15) is 0 Å². The summed E-state index contributed by atoms with van der Waals surface area (Å²) >= 11 is 0. The summed E-state index contributed by atoms with van der Waals surface area (Å²) in [5, 5.41) is 0. The number of hydrogen-bond donors (Lipinski definition) is 0. The molecule has 4 rings (SSSR count). The predicted molar refractivity (Wildman–Crippen MR) is 91.1 cm³/mol. The first kappa shape index (κ1) is 14.2. The molecular formula is C19H21N3O. The Bertz CT molecular complexity index is 722. The lowest BCUT2D eigenvalue weighted by Crippen LogP contribution is -2.29. The fourth-order valence-electron chi connectivity index (χ4n) is 3.59. The van der Waals surface area contributed by atoms with Crippen LogP contribution in [-0.4, -0.2) is 35.4 Å². The van der Waals surface area contributed by atoms with Crippen molar-refractivity contribution in [2.45, 2.75) is 25.7 Å². The van der Waals surface area contributed by atoms with Crippen molar-refractivity contribution in [3.8, 4) is 0 Å². The van der Waals surface area contributed by atoms with Gasteiger partial charge in [0.05, 0.1) is 0 Å². The molecule has 0 N–H and O–H groups in total. The second-order valence-electron chi connectivity index (χ2n) is 6.28. The Labute approximate surface area is 136 Å². The number of rotatable bonds is 2. The maximum absolute atomic E-state index is 12.6. The van der Waals surface area contributed by atoms with Gasteiger partial charge in [-0.05, 0) is 49.4 Å². The molecule has 1 amide bonds. The van der Waals surface area contributed by atoms with E-state index < -0.39 is 0 Å². The summed E-state index contributed by atoms with van der Waals surface area (Å²) < 4.78 is 0. The number of para-hydroxylation sites is 1. The van der Waals surface area contributed by atoms with Gasteiger partial charge >= 0.3 is 0 Å². The standard InChI is InChI=1S/C19H21N3O/c23-19(21-11-3-4-12-21)17-14-16(9-10-20-17)22-13-5-7-15-6-1-2-8-18(15)22/h1-2,6,8-10,14H,3-5,7,11-13H2. The second-order valence-corrected chi connectivity index (χ2v) is 6.28. The summed E-state index contributed by atoms with van der Waals surface area (Å²) in [5.41, 5.74) is 4.26. The van der Waals surface area contributed by atoms with Gasteiger partial charge in [-0.15, -0.1) is 0 Å². The molecule has 118 valence electrons. The van der Waals surface area contributed by atoms with Gasteiger partial charge in [0, 0.05) is 37.2 Å². The van der Waals surface area contributed by atoms with Crippen LogP contribution in [0.4, 0.5) is 11.4 Å². The van der Waals surface area contributed by atoms with Crippen LogP contribution in [0.2, 0.25) is 0 Å². The second kappa shape index (κ2) is 6.03. The summed E-state index contributed by atoms with van der Waals surface area (Å²) in [6.45, 7) is 2.70. The molecule has 0 unspecified atom stereocenters.